The first-order chi connectivity index (χ1) is 14.2. The molecule has 1 unspecified atom stereocenters. The molecule has 1 aliphatic heterocycles. The van der Waals surface area contributed by atoms with E-state index in [9.17, 15) is 9.59 Å². The smallest absolute Gasteiger partial charge is 0.261 e. The Morgan fingerprint density at radius 2 is 1.87 bits per heavy atom. The summed E-state index contributed by atoms with van der Waals surface area (Å²) in [5, 5.41) is 2.95. The van der Waals surface area contributed by atoms with E-state index in [1.807, 2.05) is 47.4 Å². The van der Waals surface area contributed by atoms with Crippen molar-refractivity contribution in [3.05, 3.63) is 65.2 Å². The molecule has 160 valence electrons. The summed E-state index contributed by atoms with van der Waals surface area (Å²) in [6.07, 6.45) is 0.989. The number of carbonyl (C=O) groups excluding carboxylic acids is 2. The van der Waals surface area contributed by atoms with Crippen LogP contribution in [0.1, 0.15) is 57.2 Å². The van der Waals surface area contributed by atoms with Gasteiger partial charge < -0.3 is 15.0 Å². The molecule has 1 heterocycles. The molecule has 1 aliphatic rings. The van der Waals surface area contributed by atoms with Gasteiger partial charge in [-0.05, 0) is 47.6 Å². The minimum absolute atomic E-state index is 0.0234. The lowest BCUT2D eigenvalue weighted by molar-refractivity contribution is -0.128. The van der Waals surface area contributed by atoms with Crippen molar-refractivity contribution >= 4 is 11.8 Å². The fraction of sp³-hybridized carbons (Fsp3) is 0.440. The van der Waals surface area contributed by atoms with Crippen molar-refractivity contribution in [2.75, 3.05) is 6.54 Å². The van der Waals surface area contributed by atoms with Gasteiger partial charge in [0.25, 0.3) is 5.91 Å². The normalized spacial score (nSPS) is 15.2. The number of nitrogens with one attached hydrogen (secondary N) is 1. The zero-order valence-corrected chi connectivity index (χ0v) is 18.4. The van der Waals surface area contributed by atoms with Gasteiger partial charge in [0.2, 0.25) is 5.91 Å². The fourth-order valence-electron chi connectivity index (χ4n) is 3.56. The first-order valence-corrected chi connectivity index (χ1v) is 10.6. The lowest BCUT2D eigenvalue weighted by Crippen LogP contribution is -2.36. The van der Waals surface area contributed by atoms with E-state index in [2.05, 4.69) is 32.2 Å². The predicted molar refractivity (Wildman–Crippen MR) is 118 cm³/mol. The molecule has 0 radical (unpaired) electrons. The Balaban J connectivity index is 1.54. The maximum atomic E-state index is 12.5. The van der Waals surface area contributed by atoms with Gasteiger partial charge in [0.05, 0.1) is 0 Å². The van der Waals surface area contributed by atoms with Crippen LogP contribution in [0.5, 0.6) is 5.75 Å². The standard InChI is InChI=1S/C25H32N2O3/c1-18(30-22-11-6-10-21(15-22)25(2,3)4)24(29)26-16-19-8-5-9-20(14-19)17-27-13-7-12-23(27)28/h5-6,8-11,14-15,18H,7,12-13,16-17H2,1-4H3,(H,26,29). The van der Waals surface area contributed by atoms with Crippen LogP contribution in [0, 0.1) is 0 Å². The number of hydrogen-bond acceptors (Lipinski definition) is 3. The molecule has 1 atom stereocenters. The Kier molecular flexibility index (Phi) is 6.80. The molecule has 30 heavy (non-hydrogen) atoms. The van der Waals surface area contributed by atoms with E-state index >= 15 is 0 Å². The summed E-state index contributed by atoms with van der Waals surface area (Å²) in [6.45, 7) is 10.1. The zero-order valence-electron chi connectivity index (χ0n) is 18.4. The molecular weight excluding hydrogens is 376 g/mol. The molecule has 1 saturated heterocycles. The van der Waals surface area contributed by atoms with Crippen molar-refractivity contribution in [2.24, 2.45) is 0 Å². The zero-order chi connectivity index (χ0) is 21.7. The first-order valence-electron chi connectivity index (χ1n) is 10.6. The van der Waals surface area contributed by atoms with Gasteiger partial charge in [-0.1, -0.05) is 57.2 Å². The summed E-state index contributed by atoms with van der Waals surface area (Å²) in [6, 6.07) is 15.9. The molecule has 2 amide bonds. The summed E-state index contributed by atoms with van der Waals surface area (Å²) in [4.78, 5) is 26.2. The number of hydrogen-bond donors (Lipinski definition) is 1. The second kappa shape index (κ2) is 9.33. The second-order valence-corrected chi connectivity index (χ2v) is 8.99. The molecule has 1 N–H and O–H groups in total. The summed E-state index contributed by atoms with van der Waals surface area (Å²) in [7, 11) is 0. The third-order valence-corrected chi connectivity index (χ3v) is 5.39. The number of rotatable bonds is 7. The molecule has 0 spiro atoms. The molecule has 5 heteroatoms. The molecule has 0 saturated carbocycles. The van der Waals surface area contributed by atoms with Crippen LogP contribution in [-0.4, -0.2) is 29.4 Å². The van der Waals surface area contributed by atoms with Gasteiger partial charge >= 0.3 is 0 Å². The van der Waals surface area contributed by atoms with Gasteiger partial charge in [-0.3, -0.25) is 9.59 Å². The van der Waals surface area contributed by atoms with E-state index in [0.717, 1.165) is 24.1 Å². The van der Waals surface area contributed by atoms with Crippen LogP contribution >= 0.6 is 0 Å². The topological polar surface area (TPSA) is 58.6 Å². The summed E-state index contributed by atoms with van der Waals surface area (Å²) < 4.78 is 5.87. The molecule has 2 aromatic carbocycles. The second-order valence-electron chi connectivity index (χ2n) is 8.99. The van der Waals surface area contributed by atoms with Crippen LogP contribution in [-0.2, 0) is 28.1 Å². The highest BCUT2D eigenvalue weighted by molar-refractivity contribution is 5.80. The number of benzene rings is 2. The minimum atomic E-state index is -0.592. The van der Waals surface area contributed by atoms with Crippen molar-refractivity contribution in [1.82, 2.24) is 10.2 Å². The summed E-state index contributed by atoms with van der Waals surface area (Å²) in [5.74, 6) is 0.758. The Hall–Kier alpha value is -2.82. The Bertz CT molecular complexity index is 901. The summed E-state index contributed by atoms with van der Waals surface area (Å²) >= 11 is 0. The maximum absolute atomic E-state index is 12.5. The van der Waals surface area contributed by atoms with Gasteiger partial charge in [0.1, 0.15) is 5.75 Å². The highest BCUT2D eigenvalue weighted by Crippen LogP contribution is 2.26. The number of likely N-dealkylation sites (tertiary alicyclic amines) is 1. The largest absolute Gasteiger partial charge is 0.481 e. The van der Waals surface area contributed by atoms with E-state index in [-0.39, 0.29) is 17.2 Å². The molecule has 1 fully saturated rings. The Morgan fingerprint density at radius 1 is 1.13 bits per heavy atom. The van der Waals surface area contributed by atoms with E-state index < -0.39 is 6.10 Å². The van der Waals surface area contributed by atoms with Gasteiger partial charge in [0.15, 0.2) is 6.10 Å². The number of nitrogens with zero attached hydrogens (tertiary/aromatic N) is 1. The van der Waals surface area contributed by atoms with E-state index in [4.69, 9.17) is 4.74 Å². The highest BCUT2D eigenvalue weighted by Gasteiger charge is 2.20. The van der Waals surface area contributed by atoms with Gasteiger partial charge in [-0.2, -0.15) is 0 Å². The maximum Gasteiger partial charge on any atom is 0.261 e. The number of carbonyl (C=O) groups is 2. The average Bonchev–Trinajstić information content (AvgIpc) is 3.10. The Labute approximate surface area is 179 Å². The van der Waals surface area contributed by atoms with E-state index in [1.165, 1.54) is 5.56 Å². The molecule has 0 aromatic heterocycles. The van der Waals surface area contributed by atoms with Gasteiger partial charge in [-0.25, -0.2) is 0 Å². The van der Waals surface area contributed by atoms with Crippen LogP contribution in [0.2, 0.25) is 0 Å². The van der Waals surface area contributed by atoms with Gasteiger partial charge in [-0.15, -0.1) is 0 Å². The lowest BCUT2D eigenvalue weighted by Gasteiger charge is -2.21. The van der Waals surface area contributed by atoms with Crippen LogP contribution in [0.4, 0.5) is 0 Å². The highest BCUT2D eigenvalue weighted by atomic mass is 16.5. The number of amides is 2. The van der Waals surface area contributed by atoms with Crippen LogP contribution < -0.4 is 10.1 Å². The average molecular weight is 409 g/mol. The molecular formula is C25H32N2O3. The van der Waals surface area contributed by atoms with Crippen LogP contribution in [0.25, 0.3) is 0 Å². The monoisotopic (exact) mass is 408 g/mol. The fourth-order valence-corrected chi connectivity index (χ4v) is 3.56. The van der Waals surface area contributed by atoms with Crippen LogP contribution in [0.3, 0.4) is 0 Å². The Morgan fingerprint density at radius 3 is 2.57 bits per heavy atom. The molecule has 5 nitrogen and oxygen atoms in total. The van der Waals surface area contributed by atoms with Crippen molar-refractivity contribution in [1.29, 1.82) is 0 Å². The molecule has 0 bridgehead atoms. The van der Waals surface area contributed by atoms with Crippen molar-refractivity contribution in [3.63, 3.8) is 0 Å². The third-order valence-electron chi connectivity index (χ3n) is 5.39. The minimum Gasteiger partial charge on any atom is -0.481 e. The first kappa shape index (κ1) is 21.9. The molecule has 0 aliphatic carbocycles. The molecule has 3 rings (SSSR count). The van der Waals surface area contributed by atoms with E-state index in [0.29, 0.717) is 25.3 Å². The lowest BCUT2D eigenvalue weighted by atomic mass is 9.87. The van der Waals surface area contributed by atoms with Crippen LogP contribution in [0.15, 0.2) is 48.5 Å². The summed E-state index contributed by atoms with van der Waals surface area (Å²) in [5.41, 5.74) is 3.28. The SMILES string of the molecule is CC(Oc1cccc(C(C)(C)C)c1)C(=O)NCc1cccc(CN2CCCC2=O)c1. The predicted octanol–water partition coefficient (Wildman–Crippen LogP) is 4.19. The quantitative estimate of drug-likeness (QED) is 0.747. The third kappa shape index (κ3) is 5.85. The molecule has 2 aromatic rings. The van der Waals surface area contributed by atoms with Crippen molar-refractivity contribution in [2.45, 2.75) is 65.1 Å². The van der Waals surface area contributed by atoms with Gasteiger partial charge in [0, 0.05) is 26.1 Å². The van der Waals surface area contributed by atoms with Crippen molar-refractivity contribution < 1.29 is 14.3 Å². The van der Waals surface area contributed by atoms with Crippen molar-refractivity contribution in [3.8, 4) is 5.75 Å². The number of ether oxygens (including phenoxy) is 1. The van der Waals surface area contributed by atoms with E-state index in [1.54, 1.807) is 6.92 Å².